The van der Waals surface area contributed by atoms with Crippen LogP contribution in [0.25, 0.3) is 0 Å². The van der Waals surface area contributed by atoms with E-state index >= 15 is 0 Å². The average Bonchev–Trinajstić information content (AvgIpc) is 3.53. The predicted octanol–water partition coefficient (Wildman–Crippen LogP) is 3.24. The van der Waals surface area contributed by atoms with Gasteiger partial charge < -0.3 is 19.2 Å². The van der Waals surface area contributed by atoms with E-state index in [2.05, 4.69) is 49.0 Å². The van der Waals surface area contributed by atoms with E-state index in [4.69, 9.17) is 4.74 Å². The van der Waals surface area contributed by atoms with Gasteiger partial charge in [0.15, 0.2) is 0 Å². The summed E-state index contributed by atoms with van der Waals surface area (Å²) in [6.45, 7) is 6.03. The summed E-state index contributed by atoms with van der Waals surface area (Å²) in [6.07, 6.45) is 8.25. The summed E-state index contributed by atoms with van der Waals surface area (Å²) in [6, 6.07) is 7.70. The molecule has 0 saturated carbocycles. The van der Waals surface area contributed by atoms with Crippen molar-refractivity contribution in [3.05, 3.63) is 53.6 Å². The van der Waals surface area contributed by atoms with Gasteiger partial charge in [0.05, 0.1) is 46.8 Å². The fraction of sp³-hybridized carbons (Fsp3) is 0.613. The number of likely N-dealkylation sites (tertiary alicyclic amines) is 1. The van der Waals surface area contributed by atoms with Crippen molar-refractivity contribution >= 4 is 11.9 Å². The number of fused-ring (bicyclic) bond motifs is 1. The fourth-order valence-electron chi connectivity index (χ4n) is 6.11. The maximum Gasteiger partial charge on any atom is 0.308 e. The Hall–Kier alpha value is -3.04. The minimum Gasteiger partial charge on any atom is -0.493 e. The molecule has 218 valence electrons. The zero-order valence-electron chi connectivity index (χ0n) is 24.6. The lowest BCUT2D eigenvalue weighted by Crippen LogP contribution is -2.45. The first kappa shape index (κ1) is 29.9. The van der Waals surface area contributed by atoms with E-state index in [1.165, 1.54) is 6.33 Å². The standard InChI is InChI=1S/C31H45N5O4/c1-5-6-15-34(16-7-17-36(2,3)4)29(37)21-35-20-26(23-8-11-28-24(19-23)13-18-40-28)30(31(38)39)27(35)10-9-25-12-14-32-22-33-25/h8,11-12,14,19,22,26-27,30H,5-7,9-10,13,15-18,20-21H2,1-4H3/p+1. The van der Waals surface area contributed by atoms with Crippen molar-refractivity contribution in [2.45, 2.75) is 57.4 Å². The molecule has 0 bridgehead atoms. The van der Waals surface area contributed by atoms with E-state index in [1.807, 2.05) is 23.1 Å². The predicted molar refractivity (Wildman–Crippen MR) is 154 cm³/mol. The average molecular weight is 553 g/mol. The molecule has 2 aromatic rings. The molecule has 0 aliphatic carbocycles. The smallest absolute Gasteiger partial charge is 0.308 e. The van der Waals surface area contributed by atoms with Crippen molar-refractivity contribution in [1.82, 2.24) is 19.8 Å². The number of hydrogen-bond donors (Lipinski definition) is 1. The van der Waals surface area contributed by atoms with E-state index in [-0.39, 0.29) is 24.4 Å². The Bertz CT molecular complexity index is 1140. The Balaban J connectivity index is 1.56. The minimum atomic E-state index is -0.810. The van der Waals surface area contributed by atoms with Crippen LogP contribution >= 0.6 is 0 Å². The largest absolute Gasteiger partial charge is 0.493 e. The Morgan fingerprint density at radius 2 is 1.98 bits per heavy atom. The van der Waals surface area contributed by atoms with Gasteiger partial charge in [0.1, 0.15) is 12.1 Å². The van der Waals surface area contributed by atoms with Crippen LogP contribution in [-0.4, -0.2) is 108 Å². The summed E-state index contributed by atoms with van der Waals surface area (Å²) in [7, 11) is 6.51. The number of nitrogens with zero attached hydrogens (tertiary/aromatic N) is 5. The normalized spacial score (nSPS) is 20.8. The van der Waals surface area contributed by atoms with Crippen molar-refractivity contribution in [1.29, 1.82) is 0 Å². The van der Waals surface area contributed by atoms with Crippen LogP contribution in [0.3, 0.4) is 0 Å². The van der Waals surface area contributed by atoms with Crippen LogP contribution in [0.2, 0.25) is 0 Å². The van der Waals surface area contributed by atoms with Gasteiger partial charge in [0.2, 0.25) is 5.91 Å². The second-order valence-electron chi connectivity index (χ2n) is 12.3. The lowest BCUT2D eigenvalue weighted by molar-refractivity contribution is -0.870. The third-order valence-electron chi connectivity index (χ3n) is 8.24. The second-order valence-corrected chi connectivity index (χ2v) is 12.3. The summed E-state index contributed by atoms with van der Waals surface area (Å²) in [4.78, 5) is 39.1. The van der Waals surface area contributed by atoms with Crippen LogP contribution in [-0.2, 0) is 22.4 Å². The van der Waals surface area contributed by atoms with Gasteiger partial charge in [-0.2, -0.15) is 0 Å². The second kappa shape index (κ2) is 13.5. The van der Waals surface area contributed by atoms with Crippen molar-refractivity contribution in [2.75, 3.05) is 60.5 Å². The number of benzene rings is 1. The number of unbranched alkanes of at least 4 members (excludes halogenated alkanes) is 1. The number of carboxylic acid groups (broad SMARTS) is 1. The fourth-order valence-corrected chi connectivity index (χ4v) is 6.11. The van der Waals surface area contributed by atoms with Gasteiger partial charge in [0.25, 0.3) is 0 Å². The van der Waals surface area contributed by atoms with Gasteiger partial charge in [-0.25, -0.2) is 9.97 Å². The lowest BCUT2D eigenvalue weighted by Gasteiger charge is -2.30. The van der Waals surface area contributed by atoms with Crippen LogP contribution in [0, 0.1) is 5.92 Å². The molecule has 1 aromatic carbocycles. The molecule has 9 nitrogen and oxygen atoms in total. The summed E-state index contributed by atoms with van der Waals surface area (Å²) in [5, 5.41) is 10.5. The molecule has 4 rings (SSSR count). The first-order valence-corrected chi connectivity index (χ1v) is 14.7. The SMILES string of the molecule is CCCCN(CCC[N+](C)(C)C)C(=O)CN1CC(c2ccc3c(c2)CCO3)C(C(=O)O)C1CCc1ccncn1. The Morgan fingerprint density at radius 3 is 2.67 bits per heavy atom. The van der Waals surface area contributed by atoms with Crippen LogP contribution in [0.1, 0.15) is 55.3 Å². The van der Waals surface area contributed by atoms with Gasteiger partial charge >= 0.3 is 5.97 Å². The maximum absolute atomic E-state index is 13.7. The number of aliphatic carboxylic acids is 1. The van der Waals surface area contributed by atoms with Gasteiger partial charge in [-0.3, -0.25) is 14.5 Å². The third-order valence-corrected chi connectivity index (χ3v) is 8.24. The Kier molecular flexibility index (Phi) is 10.1. The maximum atomic E-state index is 13.7. The molecule has 3 heterocycles. The monoisotopic (exact) mass is 552 g/mol. The number of amides is 1. The number of carbonyl (C=O) groups excluding carboxylic acids is 1. The molecular weight excluding hydrogens is 506 g/mol. The molecule has 40 heavy (non-hydrogen) atoms. The van der Waals surface area contributed by atoms with Gasteiger partial charge in [-0.1, -0.05) is 25.5 Å². The van der Waals surface area contributed by atoms with Crippen molar-refractivity contribution in [3.8, 4) is 5.75 Å². The third kappa shape index (κ3) is 7.79. The molecule has 1 fully saturated rings. The number of hydrogen-bond acceptors (Lipinski definition) is 6. The van der Waals surface area contributed by atoms with Gasteiger partial charge in [0, 0.05) is 56.3 Å². The molecule has 3 unspecified atom stereocenters. The number of carboxylic acids is 1. The van der Waals surface area contributed by atoms with E-state index in [0.29, 0.717) is 26.0 Å². The number of aromatic nitrogens is 2. The quantitative estimate of drug-likeness (QED) is 0.360. The van der Waals surface area contributed by atoms with E-state index in [1.54, 1.807) is 6.20 Å². The highest BCUT2D eigenvalue weighted by atomic mass is 16.5. The summed E-state index contributed by atoms with van der Waals surface area (Å²) in [5.74, 6) is -0.642. The minimum absolute atomic E-state index is 0.0917. The molecule has 2 aliphatic rings. The highest BCUT2D eigenvalue weighted by Gasteiger charge is 2.47. The van der Waals surface area contributed by atoms with E-state index in [9.17, 15) is 14.7 Å². The van der Waals surface area contributed by atoms with Crippen LogP contribution in [0.15, 0.2) is 36.8 Å². The number of carbonyl (C=O) groups is 2. The van der Waals surface area contributed by atoms with Crippen molar-refractivity contribution in [3.63, 3.8) is 0 Å². The molecule has 1 aromatic heterocycles. The number of rotatable bonds is 14. The van der Waals surface area contributed by atoms with Crippen LogP contribution < -0.4 is 4.74 Å². The molecule has 0 radical (unpaired) electrons. The zero-order valence-corrected chi connectivity index (χ0v) is 24.6. The first-order valence-electron chi connectivity index (χ1n) is 14.7. The van der Waals surface area contributed by atoms with Crippen LogP contribution in [0.4, 0.5) is 0 Å². The molecule has 1 amide bonds. The summed E-state index contributed by atoms with van der Waals surface area (Å²) >= 11 is 0. The molecule has 1 N–H and O–H groups in total. The molecule has 9 heteroatoms. The highest BCUT2D eigenvalue weighted by Crippen LogP contribution is 2.41. The lowest BCUT2D eigenvalue weighted by atomic mass is 9.83. The van der Waals surface area contributed by atoms with Crippen molar-refractivity contribution < 1.29 is 23.9 Å². The van der Waals surface area contributed by atoms with Crippen molar-refractivity contribution in [2.24, 2.45) is 5.92 Å². The zero-order chi connectivity index (χ0) is 28.7. The number of aryl methyl sites for hydroxylation is 1. The number of quaternary nitrogens is 1. The van der Waals surface area contributed by atoms with E-state index < -0.39 is 11.9 Å². The molecule has 3 atom stereocenters. The van der Waals surface area contributed by atoms with Gasteiger partial charge in [-0.15, -0.1) is 0 Å². The number of ether oxygens (including phenoxy) is 1. The molecule has 1 saturated heterocycles. The highest BCUT2D eigenvalue weighted by molar-refractivity contribution is 5.79. The molecule has 2 aliphatic heterocycles. The van der Waals surface area contributed by atoms with Crippen LogP contribution in [0.5, 0.6) is 5.75 Å². The Morgan fingerprint density at radius 1 is 1.18 bits per heavy atom. The Labute approximate surface area is 238 Å². The molecular formula is C31H46N5O4+. The topological polar surface area (TPSA) is 95.9 Å². The summed E-state index contributed by atoms with van der Waals surface area (Å²) in [5.41, 5.74) is 3.04. The first-order chi connectivity index (χ1) is 19.2. The van der Waals surface area contributed by atoms with Gasteiger partial charge in [-0.05, 0) is 42.5 Å². The summed E-state index contributed by atoms with van der Waals surface area (Å²) < 4.78 is 6.56. The molecule has 0 spiro atoms. The van der Waals surface area contributed by atoms with E-state index in [0.717, 1.165) is 72.4 Å².